The van der Waals surface area contributed by atoms with Crippen LogP contribution in [0.2, 0.25) is 0 Å². The summed E-state index contributed by atoms with van der Waals surface area (Å²) in [5.74, 6) is 0.827. The molecule has 0 aliphatic carbocycles. The molecule has 1 aliphatic heterocycles. The van der Waals surface area contributed by atoms with Crippen molar-refractivity contribution in [3.63, 3.8) is 0 Å². The van der Waals surface area contributed by atoms with E-state index < -0.39 is 5.54 Å². The van der Waals surface area contributed by atoms with Crippen molar-refractivity contribution in [2.75, 3.05) is 26.7 Å². The lowest BCUT2D eigenvalue weighted by Crippen LogP contribution is -2.55. The third-order valence-electron chi connectivity index (χ3n) is 4.55. The topological polar surface area (TPSA) is 49.6 Å². The quantitative estimate of drug-likeness (QED) is 0.826. The second-order valence-corrected chi connectivity index (χ2v) is 6.54. The average molecular weight is 269 g/mol. The van der Waals surface area contributed by atoms with E-state index in [1.54, 1.807) is 0 Å². The van der Waals surface area contributed by atoms with Crippen LogP contribution in [-0.4, -0.2) is 54.0 Å². The fourth-order valence-corrected chi connectivity index (χ4v) is 2.45. The highest BCUT2D eigenvalue weighted by Crippen LogP contribution is 2.21. The first kappa shape index (κ1) is 16.4. The maximum absolute atomic E-state index is 12.3. The Morgan fingerprint density at radius 3 is 2.37 bits per heavy atom. The van der Waals surface area contributed by atoms with Crippen LogP contribution in [0, 0.1) is 5.92 Å². The van der Waals surface area contributed by atoms with Crippen LogP contribution in [0.15, 0.2) is 0 Å². The highest BCUT2D eigenvalue weighted by molar-refractivity contribution is 5.85. The number of carbonyl (C=O) groups is 1. The first-order chi connectivity index (χ1) is 8.77. The van der Waals surface area contributed by atoms with Gasteiger partial charge >= 0.3 is 0 Å². The van der Waals surface area contributed by atoms with Gasteiger partial charge in [0.2, 0.25) is 5.91 Å². The Morgan fingerprint density at radius 2 is 1.95 bits per heavy atom. The van der Waals surface area contributed by atoms with Crippen LogP contribution in [0.25, 0.3) is 0 Å². The fourth-order valence-electron chi connectivity index (χ4n) is 2.45. The molecule has 19 heavy (non-hydrogen) atoms. The third kappa shape index (κ3) is 4.46. The van der Waals surface area contributed by atoms with Gasteiger partial charge in [0.15, 0.2) is 0 Å². The van der Waals surface area contributed by atoms with Crippen LogP contribution < -0.4 is 5.73 Å². The van der Waals surface area contributed by atoms with Gasteiger partial charge < -0.3 is 15.5 Å². The van der Waals surface area contributed by atoms with Crippen molar-refractivity contribution in [2.45, 2.75) is 58.5 Å². The first-order valence-electron chi connectivity index (χ1n) is 7.56. The number of rotatable bonds is 5. The van der Waals surface area contributed by atoms with Gasteiger partial charge in [-0.05, 0) is 53.0 Å². The lowest BCUT2D eigenvalue weighted by molar-refractivity contribution is -0.138. The zero-order valence-electron chi connectivity index (χ0n) is 13.3. The Kier molecular flexibility index (Phi) is 5.81. The van der Waals surface area contributed by atoms with E-state index in [4.69, 9.17) is 5.73 Å². The monoisotopic (exact) mass is 269 g/mol. The molecule has 1 heterocycles. The minimum absolute atomic E-state index is 0.116. The predicted molar refractivity (Wildman–Crippen MR) is 80.0 cm³/mol. The summed E-state index contributed by atoms with van der Waals surface area (Å²) in [5.41, 5.74) is 5.35. The highest BCUT2D eigenvalue weighted by atomic mass is 16.2. The molecule has 0 spiro atoms. The summed E-state index contributed by atoms with van der Waals surface area (Å²) >= 11 is 0. The van der Waals surface area contributed by atoms with Crippen LogP contribution in [0.5, 0.6) is 0 Å². The molecule has 0 aromatic heterocycles. The van der Waals surface area contributed by atoms with Crippen molar-refractivity contribution in [2.24, 2.45) is 11.7 Å². The number of hydrogen-bond donors (Lipinski definition) is 1. The standard InChI is InChI=1S/C15H31N3O/c1-6-15(4,16)14(19)18-9-7-13(8-10-18)11-17(5)12(2)3/h12-13H,6-11,16H2,1-5H3. The van der Waals surface area contributed by atoms with Gasteiger partial charge in [-0.25, -0.2) is 0 Å². The molecular weight excluding hydrogens is 238 g/mol. The van der Waals surface area contributed by atoms with E-state index in [2.05, 4.69) is 25.8 Å². The molecule has 4 nitrogen and oxygen atoms in total. The van der Waals surface area contributed by atoms with Crippen molar-refractivity contribution < 1.29 is 4.79 Å². The molecule has 1 atom stereocenters. The van der Waals surface area contributed by atoms with Crippen molar-refractivity contribution in [1.82, 2.24) is 9.80 Å². The normalized spacial score (nSPS) is 20.9. The summed E-state index contributed by atoms with van der Waals surface area (Å²) in [7, 11) is 2.18. The Labute approximate surface area is 118 Å². The van der Waals surface area contributed by atoms with Gasteiger partial charge in [0, 0.05) is 25.7 Å². The lowest BCUT2D eigenvalue weighted by atomic mass is 9.92. The summed E-state index contributed by atoms with van der Waals surface area (Å²) in [6.07, 6.45) is 2.90. The summed E-state index contributed by atoms with van der Waals surface area (Å²) in [6, 6.07) is 0.590. The largest absolute Gasteiger partial charge is 0.341 e. The molecular formula is C15H31N3O. The van der Waals surface area contributed by atoms with Crippen molar-refractivity contribution in [3.8, 4) is 0 Å². The summed E-state index contributed by atoms with van der Waals surface area (Å²) in [5, 5.41) is 0. The van der Waals surface area contributed by atoms with Gasteiger partial charge in [0.05, 0.1) is 5.54 Å². The zero-order chi connectivity index (χ0) is 14.6. The Bertz CT molecular complexity index is 294. The minimum Gasteiger partial charge on any atom is -0.341 e. The van der Waals surface area contributed by atoms with Crippen LogP contribution in [0.3, 0.4) is 0 Å². The second-order valence-electron chi connectivity index (χ2n) is 6.54. The SMILES string of the molecule is CCC(C)(N)C(=O)N1CCC(CN(C)C(C)C)CC1. The van der Waals surface area contributed by atoms with E-state index in [0.717, 1.165) is 32.5 Å². The van der Waals surface area contributed by atoms with E-state index in [1.807, 2.05) is 18.7 Å². The van der Waals surface area contributed by atoms with E-state index in [1.165, 1.54) is 0 Å². The van der Waals surface area contributed by atoms with Gasteiger partial charge in [-0.2, -0.15) is 0 Å². The molecule has 4 heteroatoms. The van der Waals surface area contributed by atoms with Gasteiger partial charge in [-0.1, -0.05) is 6.92 Å². The van der Waals surface area contributed by atoms with Gasteiger partial charge in [0.25, 0.3) is 0 Å². The fraction of sp³-hybridized carbons (Fsp3) is 0.933. The molecule has 1 aliphatic rings. The highest BCUT2D eigenvalue weighted by Gasteiger charge is 2.33. The van der Waals surface area contributed by atoms with Crippen molar-refractivity contribution in [1.29, 1.82) is 0 Å². The van der Waals surface area contributed by atoms with Crippen LogP contribution in [0.4, 0.5) is 0 Å². The van der Waals surface area contributed by atoms with Gasteiger partial charge in [0.1, 0.15) is 0 Å². The third-order valence-corrected chi connectivity index (χ3v) is 4.55. The molecule has 1 fully saturated rings. The number of piperidine rings is 1. The summed E-state index contributed by atoms with van der Waals surface area (Å²) in [6.45, 7) is 11.1. The first-order valence-corrected chi connectivity index (χ1v) is 7.56. The van der Waals surface area contributed by atoms with Gasteiger partial charge in [-0.15, -0.1) is 0 Å². The second kappa shape index (κ2) is 6.71. The molecule has 1 amide bonds. The Balaban J connectivity index is 2.43. The van der Waals surface area contributed by atoms with E-state index in [-0.39, 0.29) is 5.91 Å². The Hall–Kier alpha value is -0.610. The maximum atomic E-state index is 12.3. The molecule has 1 saturated heterocycles. The van der Waals surface area contributed by atoms with Crippen LogP contribution in [-0.2, 0) is 4.79 Å². The molecule has 0 bridgehead atoms. The van der Waals surface area contributed by atoms with Gasteiger partial charge in [-0.3, -0.25) is 4.79 Å². The van der Waals surface area contributed by atoms with E-state index in [0.29, 0.717) is 18.4 Å². The zero-order valence-corrected chi connectivity index (χ0v) is 13.3. The van der Waals surface area contributed by atoms with E-state index in [9.17, 15) is 4.79 Å². The number of hydrogen-bond acceptors (Lipinski definition) is 3. The molecule has 112 valence electrons. The summed E-state index contributed by atoms with van der Waals surface area (Å²) < 4.78 is 0. The molecule has 0 aromatic carbocycles. The minimum atomic E-state index is -0.693. The maximum Gasteiger partial charge on any atom is 0.242 e. The number of likely N-dealkylation sites (tertiary alicyclic amines) is 1. The predicted octanol–water partition coefficient (Wildman–Crippen LogP) is 1.69. The van der Waals surface area contributed by atoms with E-state index >= 15 is 0 Å². The molecule has 1 unspecified atom stereocenters. The number of nitrogens with zero attached hydrogens (tertiary/aromatic N) is 2. The van der Waals surface area contributed by atoms with Crippen LogP contribution in [0.1, 0.15) is 47.0 Å². The molecule has 0 saturated carbocycles. The molecule has 0 aromatic rings. The lowest BCUT2D eigenvalue weighted by Gasteiger charge is -2.38. The Morgan fingerprint density at radius 1 is 1.42 bits per heavy atom. The summed E-state index contributed by atoms with van der Waals surface area (Å²) in [4.78, 5) is 16.6. The number of carbonyl (C=O) groups excluding carboxylic acids is 1. The van der Waals surface area contributed by atoms with Crippen molar-refractivity contribution in [3.05, 3.63) is 0 Å². The molecule has 1 rings (SSSR count). The van der Waals surface area contributed by atoms with Crippen LogP contribution >= 0.6 is 0 Å². The average Bonchev–Trinajstić information content (AvgIpc) is 2.38. The molecule has 2 N–H and O–H groups in total. The smallest absolute Gasteiger partial charge is 0.242 e. The molecule has 0 radical (unpaired) electrons. The number of nitrogens with two attached hydrogens (primary N) is 1. The van der Waals surface area contributed by atoms with Crippen molar-refractivity contribution >= 4 is 5.91 Å². The number of amides is 1.